The van der Waals surface area contributed by atoms with Crippen molar-refractivity contribution >= 4 is 55.7 Å². The maximum absolute atomic E-state index is 12.9. The third kappa shape index (κ3) is 5.16. The predicted molar refractivity (Wildman–Crippen MR) is 126 cm³/mol. The van der Waals surface area contributed by atoms with E-state index in [1.165, 1.54) is 6.07 Å². The number of phenolic OH excluding ortho intramolecular Hbond substituents is 2. The number of imide groups is 1. The first kappa shape index (κ1) is 24.2. The van der Waals surface area contributed by atoms with Gasteiger partial charge in [0.25, 0.3) is 0 Å². The number of carbonyl (C=O) groups excluding carboxylic acids is 2. The maximum atomic E-state index is 12.9. The monoisotopic (exact) mass is 539 g/mol. The third-order valence-corrected chi connectivity index (χ3v) is 5.63. The number of halogens is 2. The molecule has 0 aliphatic heterocycles. The van der Waals surface area contributed by atoms with Crippen molar-refractivity contribution in [2.75, 3.05) is 10.2 Å². The first-order chi connectivity index (χ1) is 13.7. The Balaban J connectivity index is 2.59. The van der Waals surface area contributed by atoms with E-state index in [1.54, 1.807) is 18.5 Å². The Morgan fingerprint density at radius 3 is 2.07 bits per heavy atom. The Hall–Kier alpha value is -2.06. The van der Waals surface area contributed by atoms with Gasteiger partial charge in [-0.2, -0.15) is 0 Å². The highest BCUT2D eigenvalue weighted by Crippen LogP contribution is 2.42. The fourth-order valence-corrected chi connectivity index (χ4v) is 4.05. The van der Waals surface area contributed by atoms with E-state index in [2.05, 4.69) is 37.2 Å². The molecule has 2 aromatic rings. The minimum absolute atomic E-state index is 0.0217. The molecule has 3 N–H and O–H groups in total. The van der Waals surface area contributed by atoms with E-state index >= 15 is 0 Å². The van der Waals surface area contributed by atoms with Gasteiger partial charge in [-0.1, -0.05) is 63.5 Å². The van der Waals surface area contributed by atoms with Crippen LogP contribution in [0.5, 0.6) is 11.5 Å². The van der Waals surface area contributed by atoms with Crippen LogP contribution in [0.2, 0.25) is 0 Å². The van der Waals surface area contributed by atoms with Gasteiger partial charge in [0.05, 0.1) is 15.8 Å². The normalized spacial score (nSPS) is 11.9. The molecule has 0 spiro atoms. The number of benzene rings is 2. The smallest absolute Gasteiger partial charge is 0.333 e. The summed E-state index contributed by atoms with van der Waals surface area (Å²) in [4.78, 5) is 25.3. The molecule has 0 heterocycles. The summed E-state index contributed by atoms with van der Waals surface area (Å²) < 4.78 is 0.970. The van der Waals surface area contributed by atoms with Crippen LogP contribution < -0.4 is 10.2 Å². The fourth-order valence-electron chi connectivity index (χ4n) is 2.83. The van der Waals surface area contributed by atoms with Gasteiger partial charge in [0.2, 0.25) is 0 Å². The van der Waals surface area contributed by atoms with E-state index in [4.69, 9.17) is 0 Å². The molecular formula is C22H25Br2N2O4. The molecule has 0 aromatic heterocycles. The van der Waals surface area contributed by atoms with E-state index in [1.807, 2.05) is 47.6 Å². The van der Waals surface area contributed by atoms with Gasteiger partial charge in [-0.05, 0) is 50.5 Å². The summed E-state index contributed by atoms with van der Waals surface area (Å²) in [5.74, 6) is -0.367. The minimum atomic E-state index is -0.869. The van der Waals surface area contributed by atoms with Crippen LogP contribution in [-0.2, 0) is 15.6 Å². The zero-order valence-electron chi connectivity index (χ0n) is 17.7. The number of phenols is 2. The summed E-state index contributed by atoms with van der Waals surface area (Å²) in [6.45, 7) is 11.8. The number of rotatable bonds is 3. The Labute approximate surface area is 193 Å². The van der Waals surface area contributed by atoms with Gasteiger partial charge in [0.1, 0.15) is 5.75 Å². The first-order valence-corrected chi connectivity index (χ1v) is 10.8. The van der Waals surface area contributed by atoms with Gasteiger partial charge in [-0.3, -0.25) is 4.79 Å². The lowest BCUT2D eigenvalue weighted by molar-refractivity contribution is 0.259. The van der Waals surface area contributed by atoms with Crippen molar-refractivity contribution < 1.29 is 19.8 Å². The standard InChI is InChI=1S/C22H25Br2N2O4/c1-21(2,3)12-7-14(22(4,5)6)18(28)17(8-12)26(11-27)20(30)25-16-10-13(23)9-15(24)19(16)29/h7-10,28-29H,1-6H3,(H,25,30). The van der Waals surface area contributed by atoms with Crippen LogP contribution in [0.4, 0.5) is 16.2 Å². The summed E-state index contributed by atoms with van der Waals surface area (Å²) in [5, 5.41) is 23.6. The number of hydrogen-bond donors (Lipinski definition) is 3. The quantitative estimate of drug-likeness (QED) is 0.313. The predicted octanol–water partition coefficient (Wildman–Crippen LogP) is 6.32. The molecule has 0 atom stereocenters. The van der Waals surface area contributed by atoms with Crippen molar-refractivity contribution in [2.24, 2.45) is 0 Å². The lowest BCUT2D eigenvalue weighted by atomic mass is 9.79. The number of carbonyl (C=O) groups is 1. The van der Waals surface area contributed by atoms with Crippen molar-refractivity contribution in [2.45, 2.75) is 52.4 Å². The summed E-state index contributed by atoms with van der Waals surface area (Å²) in [6, 6.07) is 5.73. The molecule has 3 amide bonds. The lowest BCUT2D eigenvalue weighted by Gasteiger charge is -2.29. The molecule has 0 unspecified atom stereocenters. The molecule has 0 saturated carbocycles. The van der Waals surface area contributed by atoms with Crippen LogP contribution >= 0.6 is 31.9 Å². The summed E-state index contributed by atoms with van der Waals surface area (Å²) in [7, 11) is 0. The number of urea groups is 1. The van der Waals surface area contributed by atoms with Gasteiger partial charge < -0.3 is 15.5 Å². The van der Waals surface area contributed by atoms with Gasteiger partial charge >= 0.3 is 12.4 Å². The van der Waals surface area contributed by atoms with Crippen molar-refractivity contribution in [1.82, 2.24) is 0 Å². The van der Waals surface area contributed by atoms with Crippen LogP contribution in [0.3, 0.4) is 0 Å². The van der Waals surface area contributed by atoms with Gasteiger partial charge in [-0.15, -0.1) is 0 Å². The zero-order chi connectivity index (χ0) is 23.0. The second kappa shape index (κ2) is 8.59. The average Bonchev–Trinajstić information content (AvgIpc) is 2.59. The van der Waals surface area contributed by atoms with Crippen molar-refractivity contribution in [3.8, 4) is 11.5 Å². The van der Waals surface area contributed by atoms with Crippen LogP contribution in [0, 0.1) is 0 Å². The molecule has 161 valence electrons. The Kier molecular flexibility index (Phi) is 6.93. The zero-order valence-corrected chi connectivity index (χ0v) is 20.9. The summed E-state index contributed by atoms with van der Waals surface area (Å²) >= 11 is 6.48. The summed E-state index contributed by atoms with van der Waals surface area (Å²) in [5.41, 5.74) is 0.837. The van der Waals surface area contributed by atoms with Gasteiger partial charge in [0.15, 0.2) is 5.75 Å². The Morgan fingerprint density at radius 2 is 1.57 bits per heavy atom. The molecule has 0 aliphatic carbocycles. The highest BCUT2D eigenvalue weighted by molar-refractivity contribution is 9.11. The SMILES string of the molecule is CC(C)(C)c1cc(N([C]=O)C(=O)Nc2cc(Br)cc(Br)c2O)c(O)c(C(C)(C)C)c1. The van der Waals surface area contributed by atoms with Crippen LogP contribution in [0.15, 0.2) is 33.2 Å². The number of anilines is 2. The third-order valence-electron chi connectivity index (χ3n) is 4.57. The largest absolute Gasteiger partial charge is 0.505 e. The number of nitrogens with one attached hydrogen (secondary N) is 1. The number of amides is 3. The lowest BCUT2D eigenvalue weighted by Crippen LogP contribution is -2.34. The van der Waals surface area contributed by atoms with Gasteiger partial charge in [-0.25, -0.2) is 9.69 Å². The second-order valence-corrected chi connectivity index (χ2v) is 10.8. The molecule has 2 aromatic carbocycles. The van der Waals surface area contributed by atoms with Crippen LogP contribution in [0.1, 0.15) is 52.7 Å². The van der Waals surface area contributed by atoms with Gasteiger partial charge in [0, 0.05) is 10.0 Å². The molecule has 8 heteroatoms. The molecule has 30 heavy (non-hydrogen) atoms. The molecule has 0 fully saturated rings. The molecule has 0 aliphatic rings. The van der Waals surface area contributed by atoms with E-state index in [-0.39, 0.29) is 28.3 Å². The van der Waals surface area contributed by atoms with E-state index in [0.29, 0.717) is 19.4 Å². The van der Waals surface area contributed by atoms with Crippen LogP contribution in [-0.4, -0.2) is 22.7 Å². The number of aromatic hydroxyl groups is 2. The summed E-state index contributed by atoms with van der Waals surface area (Å²) in [6.07, 6.45) is 1.59. The number of hydrogen-bond acceptors (Lipinski definition) is 4. The van der Waals surface area contributed by atoms with Crippen molar-refractivity contribution in [3.63, 3.8) is 0 Å². The molecule has 6 nitrogen and oxygen atoms in total. The van der Waals surface area contributed by atoms with Crippen molar-refractivity contribution in [3.05, 3.63) is 44.3 Å². The average molecular weight is 541 g/mol. The van der Waals surface area contributed by atoms with E-state index in [9.17, 15) is 19.8 Å². The molecule has 2 rings (SSSR count). The van der Waals surface area contributed by atoms with E-state index < -0.39 is 11.4 Å². The fraction of sp³-hybridized carbons (Fsp3) is 0.364. The maximum Gasteiger partial charge on any atom is 0.333 e. The Bertz CT molecular complexity index is 992. The minimum Gasteiger partial charge on any atom is -0.505 e. The Morgan fingerprint density at radius 1 is 0.967 bits per heavy atom. The second-order valence-electron chi connectivity index (χ2n) is 9.03. The van der Waals surface area contributed by atoms with Crippen molar-refractivity contribution in [1.29, 1.82) is 0 Å². The molecule has 1 radical (unpaired) electrons. The highest BCUT2D eigenvalue weighted by atomic mass is 79.9. The van der Waals surface area contributed by atoms with E-state index in [0.717, 1.165) is 5.56 Å². The van der Waals surface area contributed by atoms with Crippen LogP contribution in [0.25, 0.3) is 0 Å². The highest BCUT2D eigenvalue weighted by Gasteiger charge is 2.29. The molecular weight excluding hydrogens is 516 g/mol. The first-order valence-electron chi connectivity index (χ1n) is 9.21. The number of nitrogens with zero attached hydrogens (tertiary/aromatic N) is 1. The molecule has 0 saturated heterocycles. The molecule has 0 bridgehead atoms. The topological polar surface area (TPSA) is 89.9 Å².